The Morgan fingerprint density at radius 2 is 1.85 bits per heavy atom. The van der Waals surface area contributed by atoms with Gasteiger partial charge in [0.15, 0.2) is 0 Å². The van der Waals surface area contributed by atoms with Gasteiger partial charge >= 0.3 is 0 Å². The summed E-state index contributed by atoms with van der Waals surface area (Å²) in [4.78, 5) is 2.16. The summed E-state index contributed by atoms with van der Waals surface area (Å²) in [5, 5.41) is 10.6. The first-order valence-electron chi connectivity index (χ1n) is 6.83. The van der Waals surface area contributed by atoms with E-state index in [9.17, 15) is 5.11 Å². The summed E-state index contributed by atoms with van der Waals surface area (Å²) < 4.78 is 0. The molecule has 0 aromatic heterocycles. The molecule has 3 heteroatoms. The monoisotopic (exact) mass is 289 g/mol. The van der Waals surface area contributed by atoms with Crippen molar-refractivity contribution in [2.75, 3.05) is 11.9 Å². The van der Waals surface area contributed by atoms with Crippen molar-refractivity contribution in [3.8, 4) is 0 Å². The van der Waals surface area contributed by atoms with Crippen LogP contribution in [-0.2, 0) is 6.54 Å². The Morgan fingerprint density at radius 3 is 2.45 bits per heavy atom. The van der Waals surface area contributed by atoms with Crippen LogP contribution in [0.15, 0.2) is 48.5 Å². The molecular weight excluding hydrogens is 270 g/mol. The summed E-state index contributed by atoms with van der Waals surface area (Å²) in [6.45, 7) is 2.78. The molecule has 106 valence electrons. The van der Waals surface area contributed by atoms with E-state index in [0.717, 1.165) is 29.2 Å². The predicted octanol–water partition coefficient (Wildman–Crippen LogP) is 4.42. The molecule has 0 amide bonds. The van der Waals surface area contributed by atoms with Gasteiger partial charge < -0.3 is 10.0 Å². The van der Waals surface area contributed by atoms with Crippen LogP contribution in [0.2, 0.25) is 5.02 Å². The van der Waals surface area contributed by atoms with Gasteiger partial charge in [-0.3, -0.25) is 0 Å². The lowest BCUT2D eigenvalue weighted by Crippen LogP contribution is -2.16. The molecule has 2 nitrogen and oxygen atoms in total. The van der Waals surface area contributed by atoms with Crippen molar-refractivity contribution in [1.82, 2.24) is 0 Å². The maximum Gasteiger partial charge on any atom is 0.0787 e. The zero-order chi connectivity index (χ0) is 14.5. The van der Waals surface area contributed by atoms with Crippen LogP contribution in [0.4, 0.5) is 5.69 Å². The van der Waals surface area contributed by atoms with Crippen molar-refractivity contribution in [3.63, 3.8) is 0 Å². The Hall–Kier alpha value is -1.51. The van der Waals surface area contributed by atoms with Gasteiger partial charge in [0.05, 0.1) is 6.10 Å². The minimum atomic E-state index is -0.373. The molecule has 1 N–H and O–H groups in total. The van der Waals surface area contributed by atoms with Crippen molar-refractivity contribution in [2.24, 2.45) is 0 Å². The van der Waals surface area contributed by atoms with Crippen molar-refractivity contribution in [3.05, 3.63) is 64.7 Å². The van der Waals surface area contributed by atoms with Gasteiger partial charge in [-0.05, 0) is 41.8 Å². The first-order valence-corrected chi connectivity index (χ1v) is 7.21. The Labute approximate surface area is 125 Å². The van der Waals surface area contributed by atoms with Gasteiger partial charge in [-0.2, -0.15) is 0 Å². The van der Waals surface area contributed by atoms with Crippen molar-refractivity contribution >= 4 is 17.3 Å². The molecule has 0 saturated heterocycles. The normalized spacial score (nSPS) is 12.2. The summed E-state index contributed by atoms with van der Waals surface area (Å²) in [6, 6.07) is 15.9. The lowest BCUT2D eigenvalue weighted by atomic mass is 10.1. The third kappa shape index (κ3) is 3.75. The fourth-order valence-corrected chi connectivity index (χ4v) is 2.40. The largest absolute Gasteiger partial charge is 0.388 e. The molecule has 0 radical (unpaired) electrons. The SMILES string of the molecule is CC[C@H](O)c1ccc(N(C)Cc2cccc(Cl)c2)cc1. The number of hydrogen-bond acceptors (Lipinski definition) is 2. The highest BCUT2D eigenvalue weighted by Gasteiger charge is 2.06. The Kier molecular flexibility index (Phi) is 5.05. The molecule has 0 fully saturated rings. The van der Waals surface area contributed by atoms with Crippen LogP contribution in [0.1, 0.15) is 30.6 Å². The number of anilines is 1. The van der Waals surface area contributed by atoms with Crippen LogP contribution in [-0.4, -0.2) is 12.2 Å². The molecule has 2 aromatic rings. The number of aliphatic hydroxyl groups is 1. The molecule has 2 rings (SSSR count). The Balaban J connectivity index is 2.07. The minimum absolute atomic E-state index is 0.373. The van der Waals surface area contributed by atoms with Gasteiger partial charge in [-0.1, -0.05) is 42.8 Å². The van der Waals surface area contributed by atoms with E-state index in [1.54, 1.807) is 0 Å². The van der Waals surface area contributed by atoms with E-state index in [4.69, 9.17) is 11.6 Å². The topological polar surface area (TPSA) is 23.5 Å². The number of nitrogens with zero attached hydrogens (tertiary/aromatic N) is 1. The molecule has 0 bridgehead atoms. The third-order valence-corrected chi connectivity index (χ3v) is 3.65. The number of halogens is 1. The lowest BCUT2D eigenvalue weighted by molar-refractivity contribution is 0.173. The summed E-state index contributed by atoms with van der Waals surface area (Å²) in [6.07, 6.45) is 0.361. The summed E-state index contributed by atoms with van der Waals surface area (Å²) >= 11 is 6.00. The van der Waals surface area contributed by atoms with Gasteiger partial charge in [0, 0.05) is 24.3 Å². The lowest BCUT2D eigenvalue weighted by Gasteiger charge is -2.20. The van der Waals surface area contributed by atoms with Crippen molar-refractivity contribution in [2.45, 2.75) is 26.0 Å². The summed E-state index contributed by atoms with van der Waals surface area (Å²) in [5.74, 6) is 0. The molecular formula is C17H20ClNO. The number of benzene rings is 2. The zero-order valence-corrected chi connectivity index (χ0v) is 12.6. The number of hydrogen-bond donors (Lipinski definition) is 1. The quantitative estimate of drug-likeness (QED) is 0.881. The summed E-state index contributed by atoms with van der Waals surface area (Å²) in [7, 11) is 2.05. The first kappa shape index (κ1) is 14.9. The average molecular weight is 290 g/mol. The molecule has 0 unspecified atom stereocenters. The molecule has 2 aromatic carbocycles. The van der Waals surface area contributed by atoms with Crippen LogP contribution in [0.5, 0.6) is 0 Å². The Morgan fingerprint density at radius 1 is 1.15 bits per heavy atom. The average Bonchev–Trinajstić information content (AvgIpc) is 2.46. The molecule has 0 saturated carbocycles. The van der Waals surface area contributed by atoms with E-state index < -0.39 is 0 Å². The second-order valence-electron chi connectivity index (χ2n) is 5.00. The van der Waals surface area contributed by atoms with Gasteiger partial charge in [0.25, 0.3) is 0 Å². The fourth-order valence-electron chi connectivity index (χ4n) is 2.19. The van der Waals surface area contributed by atoms with Crippen LogP contribution >= 0.6 is 11.6 Å². The maximum absolute atomic E-state index is 9.80. The smallest absolute Gasteiger partial charge is 0.0787 e. The third-order valence-electron chi connectivity index (χ3n) is 3.41. The summed E-state index contributed by atoms with van der Waals surface area (Å²) in [5.41, 5.74) is 3.27. The van der Waals surface area contributed by atoms with Gasteiger partial charge in [0.1, 0.15) is 0 Å². The molecule has 0 heterocycles. The zero-order valence-electron chi connectivity index (χ0n) is 11.9. The highest BCUT2D eigenvalue weighted by atomic mass is 35.5. The standard InChI is InChI=1S/C17H20ClNO/c1-3-17(20)14-7-9-16(10-8-14)19(2)12-13-5-4-6-15(18)11-13/h4-11,17,20H,3,12H2,1-2H3/t17-/m0/s1. The molecule has 0 aliphatic carbocycles. The van der Waals surface area contributed by atoms with Crippen molar-refractivity contribution < 1.29 is 5.11 Å². The number of rotatable bonds is 5. The number of aliphatic hydroxyl groups excluding tert-OH is 1. The molecule has 0 spiro atoms. The van der Waals surface area contributed by atoms with E-state index in [1.165, 1.54) is 5.56 Å². The van der Waals surface area contributed by atoms with E-state index in [1.807, 2.05) is 56.4 Å². The fraction of sp³-hybridized carbons (Fsp3) is 0.294. The van der Waals surface area contributed by atoms with Crippen molar-refractivity contribution in [1.29, 1.82) is 0 Å². The van der Waals surface area contributed by atoms with Gasteiger partial charge in [-0.15, -0.1) is 0 Å². The van der Waals surface area contributed by atoms with Crippen LogP contribution in [0.3, 0.4) is 0 Å². The first-order chi connectivity index (χ1) is 9.60. The van der Waals surface area contributed by atoms with E-state index >= 15 is 0 Å². The van der Waals surface area contributed by atoms with E-state index in [0.29, 0.717) is 0 Å². The predicted molar refractivity (Wildman–Crippen MR) is 85.3 cm³/mol. The van der Waals surface area contributed by atoms with Crippen LogP contribution < -0.4 is 4.90 Å². The second kappa shape index (κ2) is 6.78. The van der Waals surface area contributed by atoms with Gasteiger partial charge in [-0.25, -0.2) is 0 Å². The maximum atomic E-state index is 9.80. The van der Waals surface area contributed by atoms with E-state index in [-0.39, 0.29) is 6.10 Å². The molecule has 0 aliphatic heterocycles. The second-order valence-corrected chi connectivity index (χ2v) is 5.44. The highest BCUT2D eigenvalue weighted by Crippen LogP contribution is 2.22. The van der Waals surface area contributed by atoms with Crippen LogP contribution in [0.25, 0.3) is 0 Å². The van der Waals surface area contributed by atoms with Crippen LogP contribution in [0, 0.1) is 0 Å². The highest BCUT2D eigenvalue weighted by molar-refractivity contribution is 6.30. The Bertz CT molecular complexity index is 553. The minimum Gasteiger partial charge on any atom is -0.388 e. The van der Waals surface area contributed by atoms with E-state index in [2.05, 4.69) is 11.0 Å². The van der Waals surface area contributed by atoms with Gasteiger partial charge in [0.2, 0.25) is 0 Å². The molecule has 0 aliphatic rings. The molecule has 20 heavy (non-hydrogen) atoms. The molecule has 1 atom stereocenters.